The van der Waals surface area contributed by atoms with Crippen molar-refractivity contribution in [1.82, 2.24) is 4.98 Å². The molecule has 0 aliphatic carbocycles. The molecule has 2 aromatic rings. The van der Waals surface area contributed by atoms with Crippen molar-refractivity contribution in [3.63, 3.8) is 0 Å². The van der Waals surface area contributed by atoms with Gasteiger partial charge in [0.05, 0.1) is 16.8 Å². The molecule has 1 heterocycles. The van der Waals surface area contributed by atoms with Crippen LogP contribution in [0.5, 0.6) is 0 Å². The molecule has 0 saturated heterocycles. The lowest BCUT2D eigenvalue weighted by molar-refractivity contribution is 0.601. The number of benzene rings is 1. The lowest BCUT2D eigenvalue weighted by Crippen LogP contribution is -2.13. The standard InChI is InChI=1S/C12H13N3O2S/c1-9-2-5-11(6-3-9)18(16,17)15-10-4-7-12(13)14-8-10/h2-8,15H,1H3,(H2,13,14). The van der Waals surface area contributed by atoms with Gasteiger partial charge in [0.1, 0.15) is 5.82 Å². The molecule has 5 nitrogen and oxygen atoms in total. The fourth-order valence-corrected chi connectivity index (χ4v) is 2.44. The molecule has 0 unspecified atom stereocenters. The number of sulfonamides is 1. The summed E-state index contributed by atoms with van der Waals surface area (Å²) in [6.45, 7) is 1.90. The minimum absolute atomic E-state index is 0.213. The molecule has 0 spiro atoms. The van der Waals surface area contributed by atoms with E-state index in [1.165, 1.54) is 12.3 Å². The van der Waals surface area contributed by atoms with Crippen LogP contribution in [0.1, 0.15) is 5.56 Å². The number of hydrogen-bond acceptors (Lipinski definition) is 4. The molecule has 2 rings (SSSR count). The molecule has 3 N–H and O–H groups in total. The van der Waals surface area contributed by atoms with Gasteiger partial charge in [-0.15, -0.1) is 0 Å². The van der Waals surface area contributed by atoms with E-state index in [9.17, 15) is 8.42 Å². The van der Waals surface area contributed by atoms with E-state index in [-0.39, 0.29) is 4.90 Å². The number of nitrogen functional groups attached to an aromatic ring is 1. The van der Waals surface area contributed by atoms with Gasteiger partial charge in [-0.1, -0.05) is 17.7 Å². The maximum absolute atomic E-state index is 12.0. The Kier molecular flexibility index (Phi) is 3.20. The quantitative estimate of drug-likeness (QED) is 0.883. The van der Waals surface area contributed by atoms with E-state index in [1.54, 1.807) is 30.3 Å². The smallest absolute Gasteiger partial charge is 0.261 e. The minimum Gasteiger partial charge on any atom is -0.384 e. The number of nitrogens with two attached hydrogens (primary N) is 1. The third-order valence-corrected chi connectivity index (χ3v) is 3.77. The van der Waals surface area contributed by atoms with Crippen LogP contribution >= 0.6 is 0 Å². The Morgan fingerprint density at radius 1 is 1.11 bits per heavy atom. The highest BCUT2D eigenvalue weighted by atomic mass is 32.2. The number of aryl methyl sites for hydroxylation is 1. The molecule has 0 aliphatic heterocycles. The van der Waals surface area contributed by atoms with Crippen LogP contribution in [0.2, 0.25) is 0 Å². The van der Waals surface area contributed by atoms with Gasteiger partial charge in [-0.25, -0.2) is 13.4 Å². The van der Waals surface area contributed by atoms with Crippen LogP contribution < -0.4 is 10.5 Å². The third kappa shape index (κ3) is 2.78. The van der Waals surface area contributed by atoms with Gasteiger partial charge in [-0.3, -0.25) is 4.72 Å². The van der Waals surface area contributed by atoms with Crippen LogP contribution in [0.25, 0.3) is 0 Å². The van der Waals surface area contributed by atoms with Crippen LogP contribution in [0.3, 0.4) is 0 Å². The number of rotatable bonds is 3. The van der Waals surface area contributed by atoms with Crippen molar-refractivity contribution in [2.75, 3.05) is 10.5 Å². The highest BCUT2D eigenvalue weighted by Gasteiger charge is 2.13. The molecule has 0 amide bonds. The first kappa shape index (κ1) is 12.4. The zero-order valence-corrected chi connectivity index (χ0v) is 10.6. The number of nitrogens with one attached hydrogen (secondary N) is 1. The second-order valence-electron chi connectivity index (χ2n) is 3.89. The summed E-state index contributed by atoms with van der Waals surface area (Å²) in [4.78, 5) is 4.03. The molecule has 18 heavy (non-hydrogen) atoms. The lowest BCUT2D eigenvalue weighted by Gasteiger charge is -2.08. The Morgan fingerprint density at radius 3 is 2.33 bits per heavy atom. The predicted molar refractivity (Wildman–Crippen MR) is 70.6 cm³/mol. The van der Waals surface area contributed by atoms with E-state index >= 15 is 0 Å². The Balaban J connectivity index is 2.27. The second-order valence-corrected chi connectivity index (χ2v) is 5.57. The van der Waals surface area contributed by atoms with Crippen molar-refractivity contribution >= 4 is 21.5 Å². The summed E-state index contributed by atoms with van der Waals surface area (Å²) in [7, 11) is -3.57. The zero-order valence-electron chi connectivity index (χ0n) is 9.79. The maximum Gasteiger partial charge on any atom is 0.261 e. The number of pyridine rings is 1. The van der Waals surface area contributed by atoms with Crippen molar-refractivity contribution < 1.29 is 8.42 Å². The van der Waals surface area contributed by atoms with Crippen molar-refractivity contribution in [2.24, 2.45) is 0 Å². The van der Waals surface area contributed by atoms with Gasteiger partial charge >= 0.3 is 0 Å². The average Bonchev–Trinajstić information content (AvgIpc) is 2.32. The summed E-state index contributed by atoms with van der Waals surface area (Å²) in [6.07, 6.45) is 1.38. The summed E-state index contributed by atoms with van der Waals surface area (Å²) >= 11 is 0. The topological polar surface area (TPSA) is 85.1 Å². The summed E-state index contributed by atoms with van der Waals surface area (Å²) < 4.78 is 26.5. The summed E-state index contributed by atoms with van der Waals surface area (Å²) in [5.41, 5.74) is 6.81. The Morgan fingerprint density at radius 2 is 1.78 bits per heavy atom. The summed E-state index contributed by atoms with van der Waals surface area (Å²) in [5.74, 6) is 0.341. The van der Waals surface area contributed by atoms with E-state index in [2.05, 4.69) is 9.71 Å². The molecule has 0 radical (unpaired) electrons. The first-order valence-electron chi connectivity index (χ1n) is 5.28. The van der Waals surface area contributed by atoms with Crippen molar-refractivity contribution in [3.8, 4) is 0 Å². The van der Waals surface area contributed by atoms with Crippen molar-refractivity contribution in [1.29, 1.82) is 0 Å². The molecular weight excluding hydrogens is 250 g/mol. The van der Waals surface area contributed by atoms with Crippen LogP contribution in [0, 0.1) is 6.92 Å². The third-order valence-electron chi connectivity index (χ3n) is 2.37. The maximum atomic E-state index is 12.0. The Labute approximate surface area is 106 Å². The molecule has 0 bridgehead atoms. The second kappa shape index (κ2) is 4.66. The predicted octanol–water partition coefficient (Wildman–Crippen LogP) is 1.77. The molecule has 0 aliphatic rings. The first-order valence-corrected chi connectivity index (χ1v) is 6.77. The number of aromatic nitrogens is 1. The minimum atomic E-state index is -3.57. The molecule has 1 aromatic heterocycles. The van der Waals surface area contributed by atoms with Crippen LogP contribution in [0.4, 0.5) is 11.5 Å². The molecule has 0 fully saturated rings. The fraction of sp³-hybridized carbons (Fsp3) is 0.0833. The van der Waals surface area contributed by atoms with Gasteiger partial charge in [-0.2, -0.15) is 0 Å². The molecular formula is C12H13N3O2S. The largest absolute Gasteiger partial charge is 0.384 e. The van der Waals surface area contributed by atoms with Crippen molar-refractivity contribution in [2.45, 2.75) is 11.8 Å². The van der Waals surface area contributed by atoms with Gasteiger partial charge in [0.25, 0.3) is 10.0 Å². The van der Waals surface area contributed by atoms with E-state index in [0.717, 1.165) is 5.56 Å². The van der Waals surface area contributed by atoms with Gasteiger partial charge in [-0.05, 0) is 31.2 Å². The number of nitrogens with zero attached hydrogens (tertiary/aromatic N) is 1. The molecule has 0 saturated carbocycles. The normalized spacial score (nSPS) is 11.2. The summed E-state index contributed by atoms with van der Waals surface area (Å²) in [5, 5.41) is 0. The number of hydrogen-bond donors (Lipinski definition) is 2. The fourth-order valence-electron chi connectivity index (χ4n) is 1.40. The van der Waals surface area contributed by atoms with Crippen LogP contribution in [0.15, 0.2) is 47.5 Å². The van der Waals surface area contributed by atoms with Gasteiger partial charge in [0, 0.05) is 0 Å². The van der Waals surface area contributed by atoms with Crippen LogP contribution in [-0.4, -0.2) is 13.4 Å². The summed E-state index contributed by atoms with van der Waals surface area (Å²) in [6, 6.07) is 9.71. The SMILES string of the molecule is Cc1ccc(S(=O)(=O)Nc2ccc(N)nc2)cc1. The number of anilines is 2. The van der Waals surface area contributed by atoms with Crippen molar-refractivity contribution in [3.05, 3.63) is 48.2 Å². The lowest BCUT2D eigenvalue weighted by atomic mass is 10.2. The molecule has 6 heteroatoms. The Bertz CT molecular complexity index is 634. The van der Waals surface area contributed by atoms with Gasteiger partial charge < -0.3 is 5.73 Å². The highest BCUT2D eigenvalue weighted by molar-refractivity contribution is 7.92. The zero-order chi connectivity index (χ0) is 13.2. The molecule has 0 atom stereocenters. The average molecular weight is 263 g/mol. The van der Waals surface area contributed by atoms with E-state index in [1.807, 2.05) is 6.92 Å². The highest BCUT2D eigenvalue weighted by Crippen LogP contribution is 2.16. The van der Waals surface area contributed by atoms with E-state index in [0.29, 0.717) is 11.5 Å². The molecule has 1 aromatic carbocycles. The van der Waals surface area contributed by atoms with Crippen LogP contribution in [-0.2, 0) is 10.0 Å². The Hall–Kier alpha value is -2.08. The van der Waals surface area contributed by atoms with Gasteiger partial charge in [0.15, 0.2) is 0 Å². The monoisotopic (exact) mass is 263 g/mol. The van der Waals surface area contributed by atoms with E-state index in [4.69, 9.17) is 5.73 Å². The van der Waals surface area contributed by atoms with Gasteiger partial charge in [0.2, 0.25) is 0 Å². The van der Waals surface area contributed by atoms with E-state index < -0.39 is 10.0 Å². The first-order chi connectivity index (χ1) is 8.47. The molecule has 94 valence electrons.